The van der Waals surface area contributed by atoms with E-state index in [0.717, 1.165) is 12.3 Å². The average molecular weight is 136 g/mol. The minimum Gasteiger partial charge on any atom is -0.288 e. The Hall–Kier alpha value is -0.550. The number of fused-ring (bicyclic) bond motifs is 3. The fourth-order valence-electron chi connectivity index (χ4n) is 2.10. The van der Waals surface area contributed by atoms with Crippen LogP contribution in [0.3, 0.4) is 0 Å². The van der Waals surface area contributed by atoms with Gasteiger partial charge in [-0.25, -0.2) is 0 Å². The molecule has 0 spiro atoms. The summed E-state index contributed by atoms with van der Waals surface area (Å²) < 4.78 is 0. The van der Waals surface area contributed by atoms with Crippen molar-refractivity contribution in [1.29, 1.82) is 5.26 Å². The highest BCUT2D eigenvalue weighted by molar-refractivity contribution is 4.99. The lowest BCUT2D eigenvalue weighted by Crippen LogP contribution is -2.47. The molecule has 10 heavy (non-hydrogen) atoms. The van der Waals surface area contributed by atoms with Gasteiger partial charge in [-0.05, 0) is 38.3 Å². The van der Waals surface area contributed by atoms with Gasteiger partial charge in [0.2, 0.25) is 0 Å². The number of nitriles is 1. The molecule has 3 saturated heterocycles. The molecule has 0 aromatic heterocycles. The second kappa shape index (κ2) is 2.25. The number of piperidine rings is 3. The topological polar surface area (TPSA) is 27.0 Å². The highest BCUT2D eigenvalue weighted by Crippen LogP contribution is 2.30. The highest BCUT2D eigenvalue weighted by Gasteiger charge is 2.32. The fourth-order valence-corrected chi connectivity index (χ4v) is 2.10. The van der Waals surface area contributed by atoms with Crippen LogP contribution in [0.4, 0.5) is 0 Å². The first-order chi connectivity index (χ1) is 4.90. The molecule has 2 bridgehead atoms. The number of hydrogen-bond donors (Lipinski definition) is 0. The lowest BCUT2D eigenvalue weighted by Gasteiger charge is -2.42. The van der Waals surface area contributed by atoms with E-state index in [4.69, 9.17) is 5.26 Å². The molecule has 0 aromatic rings. The second-order valence-corrected chi connectivity index (χ2v) is 3.36. The van der Waals surface area contributed by atoms with Gasteiger partial charge in [0.25, 0.3) is 0 Å². The molecule has 0 radical (unpaired) electrons. The molecule has 2 heteroatoms. The Morgan fingerprint density at radius 2 is 2.00 bits per heavy atom. The van der Waals surface area contributed by atoms with Crippen LogP contribution in [0.1, 0.15) is 19.3 Å². The summed E-state index contributed by atoms with van der Waals surface area (Å²) >= 11 is 0. The summed E-state index contributed by atoms with van der Waals surface area (Å²) in [6.07, 6.45) is 3.80. The predicted molar refractivity (Wildman–Crippen MR) is 38.3 cm³/mol. The van der Waals surface area contributed by atoms with Gasteiger partial charge >= 0.3 is 0 Å². The average Bonchev–Trinajstić information content (AvgIpc) is 2.06. The molecule has 3 rings (SSSR count). The molecule has 3 aliphatic heterocycles. The molecule has 2 nitrogen and oxygen atoms in total. The summed E-state index contributed by atoms with van der Waals surface area (Å²) in [5.74, 6) is 0.870. The molecular formula is C8H12N2. The van der Waals surface area contributed by atoms with Crippen LogP contribution in [0, 0.1) is 17.2 Å². The molecule has 0 saturated carbocycles. The number of nitrogens with zero attached hydrogens (tertiary/aromatic N) is 2. The Labute approximate surface area is 61.4 Å². The largest absolute Gasteiger partial charge is 0.288 e. The van der Waals surface area contributed by atoms with Gasteiger partial charge in [0.15, 0.2) is 0 Å². The molecule has 1 atom stereocenters. The van der Waals surface area contributed by atoms with E-state index in [2.05, 4.69) is 11.0 Å². The minimum atomic E-state index is 0.257. The monoisotopic (exact) mass is 136 g/mol. The lowest BCUT2D eigenvalue weighted by atomic mass is 9.84. The zero-order valence-electron chi connectivity index (χ0n) is 6.08. The predicted octanol–water partition coefficient (Wildman–Crippen LogP) is 0.994. The number of hydrogen-bond acceptors (Lipinski definition) is 2. The van der Waals surface area contributed by atoms with Crippen molar-refractivity contribution >= 4 is 0 Å². The number of rotatable bonds is 0. The zero-order valence-corrected chi connectivity index (χ0v) is 6.08. The summed E-state index contributed by atoms with van der Waals surface area (Å²) in [6, 6.07) is 2.62. The van der Waals surface area contributed by atoms with Crippen molar-refractivity contribution in [2.24, 2.45) is 5.92 Å². The Morgan fingerprint density at radius 3 is 2.30 bits per heavy atom. The molecule has 3 fully saturated rings. The molecule has 0 N–H and O–H groups in total. The van der Waals surface area contributed by atoms with Crippen LogP contribution in [0.5, 0.6) is 0 Å². The first kappa shape index (κ1) is 6.18. The Kier molecular flexibility index (Phi) is 1.39. The van der Waals surface area contributed by atoms with Gasteiger partial charge in [0.1, 0.15) is 0 Å². The Morgan fingerprint density at radius 1 is 1.30 bits per heavy atom. The van der Waals surface area contributed by atoms with E-state index in [1.54, 1.807) is 0 Å². The first-order valence-electron chi connectivity index (χ1n) is 4.04. The van der Waals surface area contributed by atoms with Gasteiger partial charge in [0.05, 0.1) is 12.1 Å². The maximum Gasteiger partial charge on any atom is 0.0980 e. The third kappa shape index (κ3) is 0.819. The van der Waals surface area contributed by atoms with Crippen molar-refractivity contribution in [3.05, 3.63) is 0 Å². The van der Waals surface area contributed by atoms with Crippen LogP contribution >= 0.6 is 0 Å². The highest BCUT2D eigenvalue weighted by atomic mass is 15.2. The van der Waals surface area contributed by atoms with Gasteiger partial charge in [-0.2, -0.15) is 5.26 Å². The standard InChI is InChI=1S/C8H12N2/c9-6-8-5-7-1-3-10(8)4-2-7/h7-8H,1-5H2/t8-/m0/s1. The second-order valence-electron chi connectivity index (χ2n) is 3.36. The lowest BCUT2D eigenvalue weighted by molar-refractivity contribution is 0.0772. The minimum absolute atomic E-state index is 0.257. The van der Waals surface area contributed by atoms with Gasteiger partial charge in [-0.1, -0.05) is 0 Å². The van der Waals surface area contributed by atoms with Crippen LogP contribution in [0.2, 0.25) is 0 Å². The van der Waals surface area contributed by atoms with Crippen molar-refractivity contribution in [2.75, 3.05) is 13.1 Å². The normalized spacial score (nSPS) is 44.9. The molecule has 0 aliphatic carbocycles. The van der Waals surface area contributed by atoms with Crippen molar-refractivity contribution in [1.82, 2.24) is 4.90 Å². The van der Waals surface area contributed by atoms with Crippen LogP contribution in [0.25, 0.3) is 0 Å². The van der Waals surface area contributed by atoms with Gasteiger partial charge in [-0.15, -0.1) is 0 Å². The fraction of sp³-hybridized carbons (Fsp3) is 0.875. The van der Waals surface area contributed by atoms with Gasteiger partial charge < -0.3 is 0 Å². The van der Waals surface area contributed by atoms with Crippen LogP contribution in [0.15, 0.2) is 0 Å². The van der Waals surface area contributed by atoms with Crippen molar-refractivity contribution < 1.29 is 0 Å². The molecule has 0 aromatic carbocycles. The van der Waals surface area contributed by atoms with Crippen LogP contribution in [-0.4, -0.2) is 24.0 Å². The maximum absolute atomic E-state index is 8.72. The van der Waals surface area contributed by atoms with E-state index in [9.17, 15) is 0 Å². The molecule has 0 amide bonds. The van der Waals surface area contributed by atoms with E-state index in [0.29, 0.717) is 0 Å². The first-order valence-corrected chi connectivity index (χ1v) is 4.04. The quantitative estimate of drug-likeness (QED) is 0.496. The third-order valence-electron chi connectivity index (χ3n) is 2.80. The SMILES string of the molecule is N#C[C@@H]1CC2CCN1CC2. The maximum atomic E-state index is 8.72. The van der Waals surface area contributed by atoms with Gasteiger partial charge in [-0.3, -0.25) is 4.90 Å². The Bertz CT molecular complexity index is 163. The third-order valence-corrected chi connectivity index (χ3v) is 2.80. The molecular weight excluding hydrogens is 124 g/mol. The van der Waals surface area contributed by atoms with Crippen molar-refractivity contribution in [2.45, 2.75) is 25.3 Å². The molecule has 54 valence electrons. The summed E-state index contributed by atoms with van der Waals surface area (Å²) in [5, 5.41) is 8.72. The van der Waals surface area contributed by atoms with Gasteiger partial charge in [0, 0.05) is 0 Å². The van der Waals surface area contributed by atoms with Crippen LogP contribution in [-0.2, 0) is 0 Å². The summed E-state index contributed by atoms with van der Waals surface area (Å²) in [6.45, 7) is 2.34. The molecule has 3 aliphatic rings. The Balaban J connectivity index is 2.09. The van der Waals surface area contributed by atoms with E-state index >= 15 is 0 Å². The van der Waals surface area contributed by atoms with E-state index in [-0.39, 0.29) is 6.04 Å². The van der Waals surface area contributed by atoms with Crippen molar-refractivity contribution in [3.63, 3.8) is 0 Å². The van der Waals surface area contributed by atoms with E-state index in [1.165, 1.54) is 25.9 Å². The zero-order chi connectivity index (χ0) is 6.97. The summed E-state index contributed by atoms with van der Waals surface area (Å²) in [7, 11) is 0. The smallest absolute Gasteiger partial charge is 0.0980 e. The molecule has 3 heterocycles. The molecule has 0 unspecified atom stereocenters. The summed E-state index contributed by atoms with van der Waals surface area (Å²) in [5.41, 5.74) is 0. The van der Waals surface area contributed by atoms with E-state index in [1.807, 2.05) is 0 Å². The summed E-state index contributed by atoms with van der Waals surface area (Å²) in [4.78, 5) is 2.32. The van der Waals surface area contributed by atoms with Crippen molar-refractivity contribution in [3.8, 4) is 6.07 Å². The van der Waals surface area contributed by atoms with Crippen LogP contribution < -0.4 is 0 Å². The van der Waals surface area contributed by atoms with E-state index < -0.39 is 0 Å².